The third-order valence-electron chi connectivity index (χ3n) is 3.81. The van der Waals surface area contributed by atoms with Gasteiger partial charge in [-0.3, -0.25) is 14.4 Å². The number of aliphatic hydroxyl groups is 6. The summed E-state index contributed by atoms with van der Waals surface area (Å²) < 4.78 is 9.71. The Bertz CT molecular complexity index is 499. The smallest absolute Gasteiger partial charge is 0.323 e. The Hall–Kier alpha value is -1.67. The summed E-state index contributed by atoms with van der Waals surface area (Å²) in [4.78, 5) is 35.3. The van der Waals surface area contributed by atoms with Gasteiger partial charge >= 0.3 is 11.9 Å². The molecule has 0 heterocycles. The molecule has 0 aromatic heterocycles. The number of rotatable bonds is 14. The van der Waals surface area contributed by atoms with E-state index in [1.165, 1.54) is 6.92 Å². The summed E-state index contributed by atoms with van der Waals surface area (Å²) in [5.74, 6) is -2.26. The van der Waals surface area contributed by atoms with Crippen LogP contribution in [-0.2, 0) is 23.9 Å². The van der Waals surface area contributed by atoms with E-state index in [0.29, 0.717) is 0 Å². The molecule has 0 amide bonds. The molecule has 8 N–H and O–H groups in total. The molecule has 0 rings (SSSR count). The zero-order chi connectivity index (χ0) is 21.9. The second kappa shape index (κ2) is 12.7. The van der Waals surface area contributed by atoms with Crippen molar-refractivity contribution >= 4 is 18.2 Å². The molecule has 164 valence electrons. The Morgan fingerprint density at radius 1 is 1.14 bits per heavy atom. The molecule has 0 aliphatic rings. The van der Waals surface area contributed by atoms with Crippen molar-refractivity contribution in [2.24, 2.45) is 5.73 Å². The first-order chi connectivity index (χ1) is 13.0. The van der Waals surface area contributed by atoms with Crippen LogP contribution in [-0.4, -0.2) is 105 Å². The van der Waals surface area contributed by atoms with Gasteiger partial charge in [0.05, 0.1) is 18.6 Å². The molecule has 0 saturated carbocycles. The summed E-state index contributed by atoms with van der Waals surface area (Å²) in [7, 11) is 0. The van der Waals surface area contributed by atoms with Crippen molar-refractivity contribution in [3.05, 3.63) is 0 Å². The average Bonchev–Trinajstić information content (AvgIpc) is 2.62. The molecule has 12 nitrogen and oxygen atoms in total. The van der Waals surface area contributed by atoms with Crippen molar-refractivity contribution in [1.82, 2.24) is 0 Å². The lowest BCUT2D eigenvalue weighted by Crippen LogP contribution is -2.52. The van der Waals surface area contributed by atoms with Gasteiger partial charge in [0.25, 0.3) is 0 Å². The van der Waals surface area contributed by atoms with Crippen LogP contribution in [0.15, 0.2) is 0 Å². The SMILES string of the molecule is CC(O)(CCO)CC(=O)O[C@@H]([C@@H](O)[C@H](O)CO)[C@H](C=O)OC(=O)[C@@H](N)CCO. The fourth-order valence-electron chi connectivity index (χ4n) is 2.14. The van der Waals surface area contributed by atoms with Gasteiger partial charge < -0.3 is 45.8 Å². The van der Waals surface area contributed by atoms with Crippen LogP contribution in [0.5, 0.6) is 0 Å². The Labute approximate surface area is 161 Å². The van der Waals surface area contributed by atoms with Crippen LogP contribution < -0.4 is 5.73 Å². The molecule has 0 aromatic carbocycles. The van der Waals surface area contributed by atoms with E-state index in [4.69, 9.17) is 30.5 Å². The highest BCUT2D eigenvalue weighted by molar-refractivity contribution is 5.78. The minimum absolute atomic E-state index is 0.0285. The summed E-state index contributed by atoms with van der Waals surface area (Å²) in [6.07, 6.45) is -8.63. The summed E-state index contributed by atoms with van der Waals surface area (Å²) >= 11 is 0. The molecule has 28 heavy (non-hydrogen) atoms. The minimum Gasteiger partial charge on any atom is -0.455 e. The van der Waals surface area contributed by atoms with Gasteiger partial charge in [-0.15, -0.1) is 0 Å². The number of aliphatic hydroxyl groups excluding tert-OH is 5. The van der Waals surface area contributed by atoms with Crippen LogP contribution in [0.3, 0.4) is 0 Å². The molecule has 0 aliphatic carbocycles. The van der Waals surface area contributed by atoms with Gasteiger partial charge in [-0.1, -0.05) is 0 Å². The predicted octanol–water partition coefficient (Wildman–Crippen LogP) is -4.04. The van der Waals surface area contributed by atoms with Crippen molar-refractivity contribution in [2.45, 2.75) is 62.2 Å². The Morgan fingerprint density at radius 2 is 1.75 bits per heavy atom. The highest BCUT2D eigenvalue weighted by Gasteiger charge is 2.40. The summed E-state index contributed by atoms with van der Waals surface area (Å²) in [6.45, 7) is -0.580. The maximum Gasteiger partial charge on any atom is 0.323 e. The van der Waals surface area contributed by atoms with E-state index in [1.807, 2.05) is 0 Å². The molecule has 0 spiro atoms. The maximum atomic E-state index is 12.1. The third kappa shape index (κ3) is 9.01. The van der Waals surface area contributed by atoms with Crippen LogP contribution in [0.25, 0.3) is 0 Å². The van der Waals surface area contributed by atoms with Crippen molar-refractivity contribution in [2.75, 3.05) is 19.8 Å². The molecule has 0 bridgehead atoms. The van der Waals surface area contributed by atoms with Crippen molar-refractivity contribution in [1.29, 1.82) is 0 Å². The number of carbonyl (C=O) groups is 3. The van der Waals surface area contributed by atoms with E-state index in [2.05, 4.69) is 0 Å². The normalized spacial score (nSPS) is 18.9. The van der Waals surface area contributed by atoms with E-state index in [0.717, 1.165) is 0 Å². The van der Waals surface area contributed by atoms with E-state index in [-0.39, 0.29) is 19.1 Å². The van der Waals surface area contributed by atoms with Gasteiger partial charge in [0.1, 0.15) is 18.2 Å². The third-order valence-corrected chi connectivity index (χ3v) is 3.81. The van der Waals surface area contributed by atoms with Gasteiger partial charge in [0.2, 0.25) is 0 Å². The van der Waals surface area contributed by atoms with Crippen molar-refractivity contribution < 1.29 is 54.5 Å². The number of ether oxygens (including phenoxy) is 2. The van der Waals surface area contributed by atoms with Gasteiger partial charge in [-0.05, 0) is 19.8 Å². The Kier molecular flexibility index (Phi) is 12.0. The molecule has 0 aromatic rings. The van der Waals surface area contributed by atoms with Crippen LogP contribution in [0.2, 0.25) is 0 Å². The molecular weight excluding hydrogens is 382 g/mol. The largest absolute Gasteiger partial charge is 0.455 e. The average molecular weight is 411 g/mol. The van der Waals surface area contributed by atoms with E-state index < -0.39 is 74.2 Å². The lowest BCUT2D eigenvalue weighted by Gasteiger charge is -2.31. The monoisotopic (exact) mass is 411 g/mol. The summed E-state index contributed by atoms with van der Waals surface area (Å²) in [6, 6.07) is -1.30. The number of aldehydes is 1. The number of carbonyl (C=O) groups excluding carboxylic acids is 3. The lowest BCUT2D eigenvalue weighted by atomic mass is 9.98. The summed E-state index contributed by atoms with van der Waals surface area (Å²) in [5.41, 5.74) is 3.78. The van der Waals surface area contributed by atoms with Crippen molar-refractivity contribution in [3.63, 3.8) is 0 Å². The molecule has 1 unspecified atom stereocenters. The molecule has 0 aliphatic heterocycles. The quantitative estimate of drug-likeness (QED) is 0.107. The van der Waals surface area contributed by atoms with Gasteiger partial charge in [-0.25, -0.2) is 0 Å². The first-order valence-corrected chi connectivity index (χ1v) is 8.54. The zero-order valence-corrected chi connectivity index (χ0v) is 15.5. The Balaban J connectivity index is 5.40. The van der Waals surface area contributed by atoms with Gasteiger partial charge in [0, 0.05) is 13.2 Å². The van der Waals surface area contributed by atoms with E-state index >= 15 is 0 Å². The topological polar surface area (TPSA) is 217 Å². The molecule has 12 heteroatoms. The first-order valence-electron chi connectivity index (χ1n) is 8.54. The Morgan fingerprint density at radius 3 is 2.21 bits per heavy atom. The number of esters is 2. The number of nitrogens with two attached hydrogens (primary N) is 1. The molecule has 0 radical (unpaired) electrons. The molecule has 6 atom stereocenters. The minimum atomic E-state index is -2.02. The van der Waals surface area contributed by atoms with E-state index in [1.54, 1.807) is 0 Å². The zero-order valence-electron chi connectivity index (χ0n) is 15.5. The fourth-order valence-corrected chi connectivity index (χ4v) is 2.14. The highest BCUT2D eigenvalue weighted by Crippen LogP contribution is 2.18. The number of hydrogen-bond acceptors (Lipinski definition) is 12. The van der Waals surface area contributed by atoms with Gasteiger partial charge in [-0.2, -0.15) is 0 Å². The highest BCUT2D eigenvalue weighted by atomic mass is 16.6. The predicted molar refractivity (Wildman–Crippen MR) is 91.5 cm³/mol. The molecule has 0 fully saturated rings. The van der Waals surface area contributed by atoms with Crippen LogP contribution in [0.1, 0.15) is 26.2 Å². The molecule has 0 saturated heterocycles. The number of hydrogen-bond donors (Lipinski definition) is 7. The van der Waals surface area contributed by atoms with Crippen molar-refractivity contribution in [3.8, 4) is 0 Å². The van der Waals surface area contributed by atoms with E-state index in [9.17, 15) is 29.7 Å². The second-order valence-electron chi connectivity index (χ2n) is 6.50. The maximum absolute atomic E-state index is 12.1. The van der Waals surface area contributed by atoms with Crippen LogP contribution >= 0.6 is 0 Å². The second-order valence-corrected chi connectivity index (χ2v) is 6.50. The lowest BCUT2D eigenvalue weighted by molar-refractivity contribution is -0.188. The van der Waals surface area contributed by atoms with Crippen LogP contribution in [0, 0.1) is 0 Å². The molecular formula is C16H29NO11. The summed E-state index contributed by atoms with van der Waals surface area (Å²) in [5, 5.41) is 56.3. The standard InChI is InChI=1S/C16H29NO11/c1-16(26,3-5-19)6-12(23)28-14(13(24)10(22)7-20)11(8-21)27-15(25)9(17)2-4-18/h8-11,13-14,18-20,22,24,26H,2-7,17H2,1H3/t9-,10+,11-,13-,14+,16?/m0/s1. The van der Waals surface area contributed by atoms with Crippen LogP contribution in [0.4, 0.5) is 0 Å². The fraction of sp³-hybridized carbons (Fsp3) is 0.812. The van der Waals surface area contributed by atoms with Gasteiger partial charge in [0.15, 0.2) is 18.5 Å². The first kappa shape index (κ1) is 26.3.